The summed E-state index contributed by atoms with van der Waals surface area (Å²) in [6.45, 7) is 2.39. The lowest BCUT2D eigenvalue weighted by Gasteiger charge is -2.32. The summed E-state index contributed by atoms with van der Waals surface area (Å²) in [5.41, 5.74) is 4.83. The van der Waals surface area contributed by atoms with E-state index in [1.165, 1.54) is 36.0 Å². The quantitative estimate of drug-likeness (QED) is 0.885. The van der Waals surface area contributed by atoms with E-state index in [-0.39, 0.29) is 5.91 Å². The molecule has 1 N–H and O–H groups in total. The van der Waals surface area contributed by atoms with Crippen molar-refractivity contribution in [3.8, 4) is 5.75 Å². The van der Waals surface area contributed by atoms with Crippen LogP contribution in [-0.4, -0.2) is 42.0 Å². The molecule has 0 atom stereocenters. The van der Waals surface area contributed by atoms with Gasteiger partial charge in [0, 0.05) is 43.6 Å². The van der Waals surface area contributed by atoms with Crippen LogP contribution in [0.1, 0.15) is 46.3 Å². The lowest BCUT2D eigenvalue weighted by Crippen LogP contribution is -2.44. The van der Waals surface area contributed by atoms with Crippen LogP contribution in [0.15, 0.2) is 36.7 Å². The third-order valence-corrected chi connectivity index (χ3v) is 5.77. The van der Waals surface area contributed by atoms with Gasteiger partial charge in [-0.3, -0.25) is 9.78 Å². The number of carbonyl (C=O) groups excluding carboxylic acids is 1. The predicted molar refractivity (Wildman–Crippen MR) is 105 cm³/mol. The molecule has 2 aliphatic rings. The van der Waals surface area contributed by atoms with Crippen LogP contribution in [0.4, 0.5) is 0 Å². The van der Waals surface area contributed by atoms with Crippen molar-refractivity contribution in [2.75, 3.05) is 20.2 Å². The number of ether oxygens (including phenoxy) is 1. The third kappa shape index (κ3) is 3.98. The fraction of sp³-hybridized carbons (Fsp3) is 0.455. The molecule has 4 rings (SSSR count). The SMILES string of the molecule is COc1cc2c(cc1CNC1CCN(C(=O)c3cccnc3)CC1)CCC2. The summed E-state index contributed by atoms with van der Waals surface area (Å²) in [5.74, 6) is 1.08. The van der Waals surface area contributed by atoms with Crippen LogP contribution >= 0.6 is 0 Å². The Hall–Kier alpha value is -2.40. The molecular formula is C22H27N3O2. The van der Waals surface area contributed by atoms with Crippen LogP contribution in [-0.2, 0) is 19.4 Å². The number of carbonyl (C=O) groups is 1. The van der Waals surface area contributed by atoms with Gasteiger partial charge in [-0.15, -0.1) is 0 Å². The lowest BCUT2D eigenvalue weighted by atomic mass is 10.0. The number of pyridine rings is 1. The summed E-state index contributed by atoms with van der Waals surface area (Å²) in [5, 5.41) is 3.67. The Labute approximate surface area is 160 Å². The van der Waals surface area contributed by atoms with Crippen molar-refractivity contribution in [3.05, 3.63) is 58.9 Å². The predicted octanol–water partition coefficient (Wildman–Crippen LogP) is 2.97. The maximum absolute atomic E-state index is 12.5. The van der Waals surface area contributed by atoms with Crippen molar-refractivity contribution in [3.63, 3.8) is 0 Å². The van der Waals surface area contributed by atoms with Crippen LogP contribution in [0, 0.1) is 0 Å². The number of nitrogens with zero attached hydrogens (tertiary/aromatic N) is 2. The Bertz CT molecular complexity index is 799. The summed E-state index contributed by atoms with van der Waals surface area (Å²) in [7, 11) is 1.75. The van der Waals surface area contributed by atoms with Gasteiger partial charge in [-0.05, 0) is 61.4 Å². The normalized spacial score (nSPS) is 17.0. The van der Waals surface area contributed by atoms with Crippen molar-refractivity contribution in [2.24, 2.45) is 0 Å². The average molecular weight is 365 g/mol. The molecule has 1 aliphatic carbocycles. The molecule has 5 nitrogen and oxygen atoms in total. The number of aryl methyl sites for hydroxylation is 2. The molecular weight excluding hydrogens is 338 g/mol. The number of aromatic nitrogens is 1. The first-order valence-electron chi connectivity index (χ1n) is 9.86. The Morgan fingerprint density at radius 1 is 1.26 bits per heavy atom. The largest absolute Gasteiger partial charge is 0.496 e. The number of hydrogen-bond acceptors (Lipinski definition) is 4. The Morgan fingerprint density at radius 2 is 2.04 bits per heavy atom. The molecule has 1 aliphatic heterocycles. The second-order valence-corrected chi connectivity index (χ2v) is 7.48. The Kier molecular flexibility index (Phi) is 5.39. The van der Waals surface area contributed by atoms with E-state index in [1.807, 2.05) is 17.0 Å². The maximum atomic E-state index is 12.5. The molecule has 2 aromatic rings. The molecule has 0 spiro atoms. The van der Waals surface area contributed by atoms with E-state index in [9.17, 15) is 4.79 Å². The van der Waals surface area contributed by atoms with Crippen molar-refractivity contribution in [1.29, 1.82) is 0 Å². The minimum absolute atomic E-state index is 0.0850. The molecule has 2 heterocycles. The van der Waals surface area contributed by atoms with Crippen molar-refractivity contribution in [2.45, 2.75) is 44.7 Å². The summed E-state index contributed by atoms with van der Waals surface area (Å²) in [6, 6.07) is 8.61. The zero-order valence-electron chi connectivity index (χ0n) is 15.9. The number of piperidine rings is 1. The van der Waals surface area contributed by atoms with Crippen LogP contribution < -0.4 is 10.1 Å². The van der Waals surface area contributed by atoms with E-state index in [4.69, 9.17) is 4.74 Å². The van der Waals surface area contributed by atoms with Crippen LogP contribution in [0.5, 0.6) is 5.75 Å². The molecule has 0 unspecified atom stereocenters. The lowest BCUT2D eigenvalue weighted by molar-refractivity contribution is 0.0704. The monoisotopic (exact) mass is 365 g/mol. The molecule has 1 amide bonds. The van der Waals surface area contributed by atoms with E-state index in [0.29, 0.717) is 11.6 Å². The molecule has 1 aromatic heterocycles. The molecule has 142 valence electrons. The molecule has 27 heavy (non-hydrogen) atoms. The number of benzene rings is 1. The molecule has 1 fully saturated rings. The number of hydrogen-bond donors (Lipinski definition) is 1. The van der Waals surface area contributed by atoms with E-state index in [1.54, 1.807) is 19.5 Å². The first-order valence-corrected chi connectivity index (χ1v) is 9.86. The highest BCUT2D eigenvalue weighted by Gasteiger charge is 2.24. The topological polar surface area (TPSA) is 54.5 Å². The highest BCUT2D eigenvalue weighted by Crippen LogP contribution is 2.30. The Balaban J connectivity index is 1.32. The van der Waals surface area contributed by atoms with Gasteiger partial charge in [-0.25, -0.2) is 0 Å². The maximum Gasteiger partial charge on any atom is 0.255 e. The standard InChI is InChI=1S/C22H27N3O2/c1-27-21-13-17-5-2-4-16(17)12-19(21)15-24-20-7-10-25(11-8-20)22(26)18-6-3-9-23-14-18/h3,6,9,12-14,20,24H,2,4-5,7-8,10-11,15H2,1H3. The molecule has 0 radical (unpaired) electrons. The van der Waals surface area contributed by atoms with E-state index < -0.39 is 0 Å². The second-order valence-electron chi connectivity index (χ2n) is 7.48. The van der Waals surface area contributed by atoms with E-state index in [0.717, 1.165) is 38.2 Å². The minimum atomic E-state index is 0.0850. The average Bonchev–Trinajstić information content (AvgIpc) is 3.19. The molecule has 5 heteroatoms. The third-order valence-electron chi connectivity index (χ3n) is 5.77. The number of likely N-dealkylation sites (tertiary alicyclic amines) is 1. The van der Waals surface area contributed by atoms with Gasteiger partial charge in [0.1, 0.15) is 5.75 Å². The number of rotatable bonds is 5. The molecule has 0 bridgehead atoms. The van der Waals surface area contributed by atoms with Crippen LogP contribution in [0.25, 0.3) is 0 Å². The van der Waals surface area contributed by atoms with E-state index in [2.05, 4.69) is 22.4 Å². The fourth-order valence-corrected chi connectivity index (χ4v) is 4.19. The summed E-state index contributed by atoms with van der Waals surface area (Å²) in [4.78, 5) is 18.5. The first kappa shape index (κ1) is 18.0. The zero-order chi connectivity index (χ0) is 18.6. The number of methoxy groups -OCH3 is 1. The number of fused-ring (bicyclic) bond motifs is 1. The highest BCUT2D eigenvalue weighted by molar-refractivity contribution is 5.93. The van der Waals surface area contributed by atoms with Gasteiger partial charge in [-0.2, -0.15) is 0 Å². The highest BCUT2D eigenvalue weighted by atomic mass is 16.5. The van der Waals surface area contributed by atoms with Gasteiger partial charge in [0.2, 0.25) is 0 Å². The molecule has 0 saturated carbocycles. The van der Waals surface area contributed by atoms with E-state index >= 15 is 0 Å². The van der Waals surface area contributed by atoms with Crippen LogP contribution in [0.2, 0.25) is 0 Å². The van der Waals surface area contributed by atoms with Crippen LogP contribution in [0.3, 0.4) is 0 Å². The van der Waals surface area contributed by atoms with Gasteiger partial charge in [0.25, 0.3) is 5.91 Å². The first-order chi connectivity index (χ1) is 13.2. The van der Waals surface area contributed by atoms with Gasteiger partial charge in [0.05, 0.1) is 12.7 Å². The summed E-state index contributed by atoms with van der Waals surface area (Å²) in [6.07, 6.45) is 8.88. The van der Waals surface area contributed by atoms with Gasteiger partial charge < -0.3 is 15.0 Å². The minimum Gasteiger partial charge on any atom is -0.496 e. The Morgan fingerprint density at radius 3 is 2.74 bits per heavy atom. The molecule has 1 aromatic carbocycles. The van der Waals surface area contributed by atoms with Gasteiger partial charge >= 0.3 is 0 Å². The van der Waals surface area contributed by atoms with Crippen molar-refractivity contribution < 1.29 is 9.53 Å². The van der Waals surface area contributed by atoms with Gasteiger partial charge in [0.15, 0.2) is 0 Å². The second kappa shape index (κ2) is 8.09. The number of nitrogens with one attached hydrogen (secondary N) is 1. The summed E-state index contributed by atoms with van der Waals surface area (Å²) >= 11 is 0. The van der Waals surface area contributed by atoms with Crippen molar-refractivity contribution >= 4 is 5.91 Å². The molecule has 1 saturated heterocycles. The van der Waals surface area contributed by atoms with Gasteiger partial charge in [-0.1, -0.05) is 6.07 Å². The number of amides is 1. The zero-order valence-corrected chi connectivity index (χ0v) is 15.9. The fourth-order valence-electron chi connectivity index (χ4n) is 4.19. The van der Waals surface area contributed by atoms with Crippen molar-refractivity contribution in [1.82, 2.24) is 15.2 Å². The summed E-state index contributed by atoms with van der Waals surface area (Å²) < 4.78 is 5.61. The smallest absolute Gasteiger partial charge is 0.255 e.